The van der Waals surface area contributed by atoms with Gasteiger partial charge in [0.15, 0.2) is 5.65 Å². The van der Waals surface area contributed by atoms with Crippen molar-refractivity contribution in [2.45, 2.75) is 31.6 Å². The first-order chi connectivity index (χ1) is 18.1. The number of halogens is 4. The van der Waals surface area contributed by atoms with Crippen molar-refractivity contribution in [2.24, 2.45) is 0 Å². The molecule has 13 heteroatoms. The van der Waals surface area contributed by atoms with E-state index in [1.165, 1.54) is 23.1 Å². The van der Waals surface area contributed by atoms with E-state index in [0.717, 1.165) is 18.3 Å². The number of anilines is 1. The fourth-order valence-electron chi connectivity index (χ4n) is 4.68. The van der Waals surface area contributed by atoms with Crippen molar-refractivity contribution < 1.29 is 22.4 Å². The van der Waals surface area contributed by atoms with Crippen molar-refractivity contribution in [3.05, 3.63) is 81.5 Å². The Morgan fingerprint density at radius 3 is 2.47 bits per heavy atom. The lowest BCUT2D eigenvalue weighted by molar-refractivity contribution is -0.141. The SMILES string of the molecule is O=C(Nc1cc(-c2ccc(F)cc2)cn(CC(F)(F)F)c1=O)N1CCC(n2c(=O)[nH]c3ncccc32)CC1. The Bertz CT molecular complexity index is 1600. The highest BCUT2D eigenvalue weighted by Crippen LogP contribution is 2.26. The first-order valence-corrected chi connectivity index (χ1v) is 11.8. The lowest BCUT2D eigenvalue weighted by atomic mass is 10.0. The van der Waals surface area contributed by atoms with E-state index in [-0.39, 0.29) is 36.1 Å². The highest BCUT2D eigenvalue weighted by Gasteiger charge is 2.30. The number of carbonyl (C=O) groups excluding carboxylic acids is 1. The van der Waals surface area contributed by atoms with Gasteiger partial charge in [0, 0.05) is 37.1 Å². The van der Waals surface area contributed by atoms with Crippen LogP contribution in [0.15, 0.2) is 64.4 Å². The number of imidazole rings is 1. The lowest BCUT2D eigenvalue weighted by Gasteiger charge is -2.32. The molecule has 198 valence electrons. The van der Waals surface area contributed by atoms with Crippen LogP contribution in [0.2, 0.25) is 0 Å². The van der Waals surface area contributed by atoms with E-state index in [0.29, 0.717) is 34.1 Å². The fraction of sp³-hybridized carbons (Fsp3) is 0.280. The number of hydrogen-bond donors (Lipinski definition) is 2. The molecule has 0 unspecified atom stereocenters. The minimum absolute atomic E-state index is 0.185. The number of alkyl halides is 3. The number of nitrogens with zero attached hydrogens (tertiary/aromatic N) is 4. The summed E-state index contributed by atoms with van der Waals surface area (Å²) in [6.45, 7) is -1.04. The van der Waals surface area contributed by atoms with Crippen molar-refractivity contribution in [3.63, 3.8) is 0 Å². The van der Waals surface area contributed by atoms with Gasteiger partial charge < -0.3 is 14.8 Å². The van der Waals surface area contributed by atoms with Crippen LogP contribution in [-0.4, -0.2) is 49.3 Å². The molecule has 38 heavy (non-hydrogen) atoms. The number of H-pyrrole nitrogens is 1. The van der Waals surface area contributed by atoms with Gasteiger partial charge in [-0.3, -0.25) is 14.3 Å². The summed E-state index contributed by atoms with van der Waals surface area (Å²) in [6, 6.07) is 8.96. The molecule has 4 heterocycles. The highest BCUT2D eigenvalue weighted by molar-refractivity contribution is 5.90. The maximum Gasteiger partial charge on any atom is 0.406 e. The van der Waals surface area contributed by atoms with Crippen molar-refractivity contribution in [1.82, 2.24) is 24.0 Å². The third kappa shape index (κ3) is 5.17. The second kappa shape index (κ2) is 9.80. The van der Waals surface area contributed by atoms with Crippen LogP contribution in [-0.2, 0) is 6.54 Å². The van der Waals surface area contributed by atoms with Crippen molar-refractivity contribution in [3.8, 4) is 11.1 Å². The molecule has 1 aromatic carbocycles. The molecular weight excluding hydrogens is 508 g/mol. The minimum Gasteiger partial charge on any atom is -0.324 e. The van der Waals surface area contributed by atoms with Crippen LogP contribution in [0, 0.1) is 5.82 Å². The number of aromatic amines is 1. The Kier molecular flexibility index (Phi) is 6.51. The quantitative estimate of drug-likeness (QED) is 0.387. The van der Waals surface area contributed by atoms with Crippen molar-refractivity contribution in [2.75, 3.05) is 18.4 Å². The Morgan fingerprint density at radius 2 is 1.79 bits per heavy atom. The van der Waals surface area contributed by atoms with Crippen LogP contribution in [0.3, 0.4) is 0 Å². The van der Waals surface area contributed by atoms with Crippen LogP contribution < -0.4 is 16.6 Å². The predicted molar refractivity (Wildman–Crippen MR) is 131 cm³/mol. The molecule has 0 atom stereocenters. The van der Waals surface area contributed by atoms with Gasteiger partial charge in [-0.1, -0.05) is 12.1 Å². The molecule has 1 aliphatic heterocycles. The molecule has 1 fully saturated rings. The van der Waals surface area contributed by atoms with Gasteiger partial charge in [-0.05, 0) is 48.7 Å². The number of hydrogen-bond acceptors (Lipinski definition) is 4. The van der Waals surface area contributed by atoms with Gasteiger partial charge in [0.2, 0.25) is 0 Å². The summed E-state index contributed by atoms with van der Waals surface area (Å²) in [4.78, 5) is 46.5. The summed E-state index contributed by atoms with van der Waals surface area (Å²) in [7, 11) is 0. The van der Waals surface area contributed by atoms with Crippen LogP contribution in [0.25, 0.3) is 22.3 Å². The summed E-state index contributed by atoms with van der Waals surface area (Å²) in [5.74, 6) is -0.527. The fourth-order valence-corrected chi connectivity index (χ4v) is 4.68. The number of amides is 2. The van der Waals surface area contributed by atoms with E-state index in [2.05, 4.69) is 15.3 Å². The standard InChI is InChI=1S/C25H22F4N6O3/c26-17-5-3-15(4-6-17)16-12-19(22(36)34(13-16)14-25(27,28)29)31-23(37)33-10-7-18(8-11-33)35-20-2-1-9-30-21(20)32-24(35)38/h1-6,9,12-13,18H,7-8,10-11,14H2,(H,31,37)(H,30,32,38). The summed E-state index contributed by atoms with van der Waals surface area (Å²) < 4.78 is 54.8. The molecule has 0 radical (unpaired) electrons. The second-order valence-corrected chi connectivity index (χ2v) is 9.02. The normalized spacial score (nSPS) is 14.7. The van der Waals surface area contributed by atoms with E-state index in [1.807, 2.05) is 0 Å². The molecule has 0 spiro atoms. The van der Waals surface area contributed by atoms with E-state index in [4.69, 9.17) is 0 Å². The number of urea groups is 1. The van der Waals surface area contributed by atoms with Crippen LogP contribution in [0.4, 0.5) is 28.0 Å². The molecule has 9 nitrogen and oxygen atoms in total. The van der Waals surface area contributed by atoms with E-state index >= 15 is 0 Å². The molecule has 0 aliphatic carbocycles. The molecule has 3 aromatic heterocycles. The van der Waals surface area contributed by atoms with Gasteiger partial charge >= 0.3 is 17.9 Å². The number of rotatable bonds is 4. The molecule has 2 N–H and O–H groups in total. The molecular formula is C25H22F4N6O3. The number of likely N-dealkylation sites (tertiary alicyclic amines) is 1. The van der Waals surface area contributed by atoms with E-state index in [9.17, 15) is 31.9 Å². The van der Waals surface area contributed by atoms with Crippen molar-refractivity contribution >= 4 is 22.9 Å². The van der Waals surface area contributed by atoms with E-state index in [1.54, 1.807) is 22.9 Å². The smallest absolute Gasteiger partial charge is 0.324 e. The van der Waals surface area contributed by atoms with E-state index < -0.39 is 30.1 Å². The Morgan fingerprint density at radius 1 is 1.08 bits per heavy atom. The van der Waals surface area contributed by atoms with Gasteiger partial charge in [-0.2, -0.15) is 13.2 Å². The van der Waals surface area contributed by atoms with Gasteiger partial charge in [-0.15, -0.1) is 0 Å². The number of nitrogens with one attached hydrogen (secondary N) is 2. The lowest BCUT2D eigenvalue weighted by Crippen LogP contribution is -2.43. The Hall–Kier alpha value is -4.42. The summed E-state index contributed by atoms with van der Waals surface area (Å²) in [5.41, 5.74) is 0.0466. The average Bonchev–Trinajstić information content (AvgIpc) is 3.21. The Labute approximate surface area is 212 Å². The summed E-state index contributed by atoms with van der Waals surface area (Å²) >= 11 is 0. The average molecular weight is 530 g/mol. The largest absolute Gasteiger partial charge is 0.406 e. The molecule has 4 aromatic rings. The minimum atomic E-state index is -4.68. The second-order valence-electron chi connectivity index (χ2n) is 9.02. The molecule has 2 amide bonds. The maximum absolute atomic E-state index is 13.4. The third-order valence-electron chi connectivity index (χ3n) is 6.46. The number of fused-ring (bicyclic) bond motifs is 1. The first-order valence-electron chi connectivity index (χ1n) is 11.8. The van der Waals surface area contributed by atoms with Crippen LogP contribution in [0.1, 0.15) is 18.9 Å². The number of carbonyl (C=O) groups is 1. The molecule has 0 bridgehead atoms. The zero-order chi connectivity index (χ0) is 27.0. The zero-order valence-electron chi connectivity index (χ0n) is 19.8. The van der Waals surface area contributed by atoms with Crippen LogP contribution >= 0.6 is 0 Å². The van der Waals surface area contributed by atoms with Gasteiger partial charge in [0.1, 0.15) is 18.0 Å². The Balaban J connectivity index is 1.36. The number of pyridine rings is 2. The molecule has 0 saturated carbocycles. The topological polar surface area (TPSA) is 105 Å². The van der Waals surface area contributed by atoms with Gasteiger partial charge in [0.25, 0.3) is 5.56 Å². The zero-order valence-corrected chi connectivity index (χ0v) is 19.8. The third-order valence-corrected chi connectivity index (χ3v) is 6.46. The summed E-state index contributed by atoms with van der Waals surface area (Å²) in [6.07, 6.45) is -1.18. The number of aromatic nitrogens is 4. The maximum atomic E-state index is 13.4. The van der Waals surface area contributed by atoms with Crippen molar-refractivity contribution in [1.29, 1.82) is 0 Å². The summed E-state index contributed by atoms with van der Waals surface area (Å²) in [5, 5.41) is 2.45. The van der Waals surface area contributed by atoms with Crippen LogP contribution in [0.5, 0.6) is 0 Å². The molecule has 1 aliphatic rings. The number of piperidine rings is 1. The predicted octanol–water partition coefficient (Wildman–Crippen LogP) is 4.12. The number of benzene rings is 1. The van der Waals surface area contributed by atoms with Gasteiger partial charge in [-0.25, -0.2) is 19.0 Å². The van der Waals surface area contributed by atoms with Gasteiger partial charge in [0.05, 0.1) is 5.52 Å². The molecule has 1 saturated heterocycles. The monoisotopic (exact) mass is 530 g/mol. The first kappa shape index (κ1) is 25.2. The molecule has 5 rings (SSSR count). The highest BCUT2D eigenvalue weighted by atomic mass is 19.4.